The molecule has 0 aliphatic heterocycles. The SMILES string of the molecule is CCSCC(C)NS(=O)(=O)c1cc(CN)oc1Br. The predicted octanol–water partition coefficient (Wildman–Crippen LogP) is 1.92. The van der Waals surface area contributed by atoms with Crippen LogP contribution in [0.15, 0.2) is 20.0 Å². The maximum absolute atomic E-state index is 12.1. The number of hydrogen-bond donors (Lipinski definition) is 2. The summed E-state index contributed by atoms with van der Waals surface area (Å²) in [6, 6.07) is 1.30. The number of furan rings is 1. The van der Waals surface area contributed by atoms with E-state index in [0.29, 0.717) is 5.76 Å². The molecule has 0 spiro atoms. The van der Waals surface area contributed by atoms with Crippen molar-refractivity contribution >= 4 is 37.7 Å². The number of thioether (sulfide) groups is 1. The van der Waals surface area contributed by atoms with Gasteiger partial charge in [-0.15, -0.1) is 0 Å². The van der Waals surface area contributed by atoms with Crippen molar-refractivity contribution in [1.82, 2.24) is 4.72 Å². The molecule has 0 bridgehead atoms. The van der Waals surface area contributed by atoms with Crippen LogP contribution in [0, 0.1) is 0 Å². The Labute approximate surface area is 120 Å². The van der Waals surface area contributed by atoms with E-state index in [1.54, 1.807) is 11.8 Å². The molecular weight excluding hydrogens is 340 g/mol. The van der Waals surface area contributed by atoms with Crippen LogP contribution in [-0.4, -0.2) is 26.0 Å². The molecule has 104 valence electrons. The molecule has 0 fully saturated rings. The van der Waals surface area contributed by atoms with Gasteiger partial charge in [0.15, 0.2) is 4.67 Å². The van der Waals surface area contributed by atoms with Gasteiger partial charge in [-0.1, -0.05) is 6.92 Å². The van der Waals surface area contributed by atoms with Crippen molar-refractivity contribution in [3.63, 3.8) is 0 Å². The Morgan fingerprint density at radius 2 is 2.28 bits per heavy atom. The molecule has 0 amide bonds. The second kappa shape index (κ2) is 6.95. The molecule has 0 saturated carbocycles. The summed E-state index contributed by atoms with van der Waals surface area (Å²) in [5.41, 5.74) is 5.41. The van der Waals surface area contributed by atoms with Crippen LogP contribution < -0.4 is 10.5 Å². The fourth-order valence-electron chi connectivity index (χ4n) is 1.34. The van der Waals surface area contributed by atoms with Crippen LogP contribution in [0.2, 0.25) is 0 Å². The maximum Gasteiger partial charge on any atom is 0.245 e. The third kappa shape index (κ3) is 4.27. The minimum Gasteiger partial charge on any atom is -0.452 e. The number of nitrogens with one attached hydrogen (secondary N) is 1. The smallest absolute Gasteiger partial charge is 0.245 e. The van der Waals surface area contributed by atoms with Gasteiger partial charge in [0, 0.05) is 17.9 Å². The summed E-state index contributed by atoms with van der Waals surface area (Å²) in [6.45, 7) is 4.03. The Kier molecular flexibility index (Phi) is 6.19. The van der Waals surface area contributed by atoms with Gasteiger partial charge in [-0.2, -0.15) is 11.8 Å². The van der Waals surface area contributed by atoms with Crippen LogP contribution in [0.5, 0.6) is 0 Å². The van der Waals surface area contributed by atoms with E-state index in [9.17, 15) is 8.42 Å². The highest BCUT2D eigenvalue weighted by Crippen LogP contribution is 2.26. The first-order valence-electron chi connectivity index (χ1n) is 5.49. The zero-order valence-corrected chi connectivity index (χ0v) is 13.5. The number of rotatable bonds is 7. The third-order valence-electron chi connectivity index (χ3n) is 2.13. The third-order valence-corrected chi connectivity index (χ3v) is 5.72. The second-order valence-corrected chi connectivity index (χ2v) is 7.46. The molecule has 1 unspecified atom stereocenters. The molecule has 18 heavy (non-hydrogen) atoms. The molecule has 0 radical (unpaired) electrons. The average Bonchev–Trinajstić information content (AvgIpc) is 2.68. The van der Waals surface area contributed by atoms with E-state index in [4.69, 9.17) is 10.2 Å². The summed E-state index contributed by atoms with van der Waals surface area (Å²) in [6.07, 6.45) is 0. The van der Waals surface area contributed by atoms with Crippen molar-refractivity contribution in [3.8, 4) is 0 Å². The topological polar surface area (TPSA) is 85.3 Å². The molecule has 0 aliphatic carbocycles. The number of nitrogens with two attached hydrogens (primary N) is 1. The summed E-state index contributed by atoms with van der Waals surface area (Å²) in [5.74, 6) is 2.12. The van der Waals surface area contributed by atoms with Crippen molar-refractivity contribution in [3.05, 3.63) is 16.5 Å². The zero-order valence-electron chi connectivity index (χ0n) is 10.3. The quantitative estimate of drug-likeness (QED) is 0.779. The largest absolute Gasteiger partial charge is 0.452 e. The first kappa shape index (κ1) is 16.0. The lowest BCUT2D eigenvalue weighted by Gasteiger charge is -2.12. The Bertz CT molecular complexity index is 487. The molecular formula is C10H17BrN2O3S2. The van der Waals surface area contributed by atoms with Crippen molar-refractivity contribution in [2.45, 2.75) is 31.3 Å². The van der Waals surface area contributed by atoms with Gasteiger partial charge >= 0.3 is 0 Å². The first-order chi connectivity index (χ1) is 8.40. The number of hydrogen-bond acceptors (Lipinski definition) is 5. The minimum atomic E-state index is -3.57. The molecule has 5 nitrogen and oxygen atoms in total. The summed E-state index contributed by atoms with van der Waals surface area (Å²) in [4.78, 5) is 0.0938. The Balaban J connectivity index is 2.82. The van der Waals surface area contributed by atoms with Gasteiger partial charge in [-0.25, -0.2) is 13.1 Å². The highest BCUT2D eigenvalue weighted by Gasteiger charge is 2.23. The molecule has 1 rings (SSSR count). The van der Waals surface area contributed by atoms with Crippen LogP contribution in [0.4, 0.5) is 0 Å². The van der Waals surface area contributed by atoms with E-state index in [1.165, 1.54) is 6.07 Å². The van der Waals surface area contributed by atoms with E-state index in [0.717, 1.165) is 11.5 Å². The average molecular weight is 357 g/mol. The van der Waals surface area contributed by atoms with Gasteiger partial charge in [-0.05, 0) is 28.6 Å². The van der Waals surface area contributed by atoms with Crippen LogP contribution >= 0.6 is 27.7 Å². The van der Waals surface area contributed by atoms with Crippen molar-refractivity contribution in [1.29, 1.82) is 0 Å². The van der Waals surface area contributed by atoms with Gasteiger partial charge in [0.2, 0.25) is 10.0 Å². The molecule has 0 aliphatic rings. The molecule has 1 aromatic heterocycles. The summed E-state index contributed by atoms with van der Waals surface area (Å²) in [7, 11) is -3.57. The van der Waals surface area contributed by atoms with Gasteiger partial charge < -0.3 is 10.2 Å². The fourth-order valence-corrected chi connectivity index (χ4v) is 4.36. The Morgan fingerprint density at radius 3 is 2.78 bits per heavy atom. The zero-order chi connectivity index (χ0) is 13.8. The first-order valence-corrected chi connectivity index (χ1v) is 8.92. The van der Waals surface area contributed by atoms with E-state index < -0.39 is 10.0 Å². The van der Waals surface area contributed by atoms with Crippen molar-refractivity contribution < 1.29 is 12.8 Å². The number of halogens is 1. The minimum absolute atomic E-state index is 0.0938. The Hall–Kier alpha value is -0.0200. The van der Waals surface area contributed by atoms with Crippen LogP contribution in [0.3, 0.4) is 0 Å². The van der Waals surface area contributed by atoms with E-state index in [1.807, 2.05) is 13.8 Å². The molecule has 1 atom stereocenters. The summed E-state index contributed by atoms with van der Waals surface area (Å²) < 4.78 is 32.2. The maximum atomic E-state index is 12.1. The lowest BCUT2D eigenvalue weighted by molar-refractivity contribution is 0.483. The van der Waals surface area contributed by atoms with Gasteiger partial charge in [0.1, 0.15) is 10.7 Å². The molecule has 0 aromatic carbocycles. The Morgan fingerprint density at radius 1 is 1.61 bits per heavy atom. The van der Waals surface area contributed by atoms with Gasteiger partial charge in [0.25, 0.3) is 0 Å². The molecule has 0 saturated heterocycles. The lowest BCUT2D eigenvalue weighted by Crippen LogP contribution is -2.34. The van der Waals surface area contributed by atoms with Gasteiger partial charge in [-0.3, -0.25) is 0 Å². The fraction of sp³-hybridized carbons (Fsp3) is 0.600. The van der Waals surface area contributed by atoms with E-state index in [-0.39, 0.29) is 22.2 Å². The molecule has 8 heteroatoms. The molecule has 3 N–H and O–H groups in total. The van der Waals surface area contributed by atoms with E-state index in [2.05, 4.69) is 20.7 Å². The monoisotopic (exact) mass is 356 g/mol. The molecule has 1 aromatic rings. The summed E-state index contributed by atoms with van der Waals surface area (Å²) in [5, 5.41) is 0. The van der Waals surface area contributed by atoms with Crippen LogP contribution in [0.1, 0.15) is 19.6 Å². The van der Waals surface area contributed by atoms with Crippen LogP contribution in [0.25, 0.3) is 0 Å². The normalized spacial score (nSPS) is 13.8. The molecule has 1 heterocycles. The van der Waals surface area contributed by atoms with Gasteiger partial charge in [0.05, 0.1) is 6.54 Å². The summed E-state index contributed by atoms with van der Waals surface area (Å²) >= 11 is 4.77. The standard InChI is InChI=1S/C10H17BrN2O3S2/c1-3-17-6-7(2)13-18(14,15)9-4-8(5-12)16-10(9)11/h4,7,13H,3,5-6,12H2,1-2H3. The lowest BCUT2D eigenvalue weighted by atomic mass is 10.4. The van der Waals surface area contributed by atoms with Crippen molar-refractivity contribution in [2.24, 2.45) is 5.73 Å². The number of sulfonamides is 1. The van der Waals surface area contributed by atoms with Crippen LogP contribution in [-0.2, 0) is 16.6 Å². The highest BCUT2D eigenvalue weighted by atomic mass is 79.9. The van der Waals surface area contributed by atoms with E-state index >= 15 is 0 Å². The predicted molar refractivity (Wildman–Crippen MR) is 77.1 cm³/mol. The second-order valence-electron chi connectivity index (χ2n) is 3.74. The van der Waals surface area contributed by atoms with Crippen molar-refractivity contribution in [2.75, 3.05) is 11.5 Å². The highest BCUT2D eigenvalue weighted by molar-refractivity contribution is 9.10.